The molecule has 0 unspecified atom stereocenters. The molecule has 2 aromatic rings. The molecule has 0 spiro atoms. The number of halogens is 1. The molecule has 2 rings (SSSR count). The fourth-order valence-corrected chi connectivity index (χ4v) is 1.34. The van der Waals surface area contributed by atoms with Gasteiger partial charge in [0.15, 0.2) is 5.69 Å². The molecule has 0 saturated heterocycles. The second kappa shape index (κ2) is 4.84. The van der Waals surface area contributed by atoms with E-state index in [1.807, 2.05) is 0 Å². The number of nitrogen functional groups attached to an aromatic ring is 1. The predicted molar refractivity (Wildman–Crippen MR) is 63.6 cm³/mol. The summed E-state index contributed by atoms with van der Waals surface area (Å²) in [5.41, 5.74) is 10.5. The van der Waals surface area contributed by atoms with E-state index in [1.165, 1.54) is 12.1 Å². The Labute approximate surface area is 101 Å². The van der Waals surface area contributed by atoms with Gasteiger partial charge in [-0.05, 0) is 6.07 Å². The first-order valence-electron chi connectivity index (χ1n) is 5.11. The molecule has 0 atom stereocenters. The summed E-state index contributed by atoms with van der Waals surface area (Å²) in [5.74, 6) is -0.369. The number of nitrogens with zero attached hydrogens (tertiary/aromatic N) is 1. The van der Waals surface area contributed by atoms with E-state index in [-0.39, 0.29) is 23.9 Å². The fraction of sp³-hybridized carbons (Fsp3) is 0.0909. The molecule has 0 radical (unpaired) electrons. The third-order valence-corrected chi connectivity index (χ3v) is 2.31. The van der Waals surface area contributed by atoms with Crippen molar-refractivity contribution in [3.05, 3.63) is 46.3 Å². The number of aromatic nitrogens is 2. The molecule has 18 heavy (non-hydrogen) atoms. The first-order valence-corrected chi connectivity index (χ1v) is 5.11. The highest BCUT2D eigenvalue weighted by atomic mass is 19.1. The van der Waals surface area contributed by atoms with E-state index in [0.717, 1.165) is 12.4 Å². The minimum Gasteiger partial charge on any atom is -0.437 e. The molecule has 0 amide bonds. The van der Waals surface area contributed by atoms with E-state index >= 15 is 0 Å². The molecule has 5 N–H and O–H groups in total. The van der Waals surface area contributed by atoms with Crippen molar-refractivity contribution in [2.45, 2.75) is 6.54 Å². The standard InChI is InChI=1S/C11H11FN4O2/c12-8-3-7(2-1-6(8)4-13)18-11-9(14)10(17)15-5-16-11/h1-3,5H,4,13-14H2,(H,15,16,17). The van der Waals surface area contributed by atoms with E-state index in [1.54, 1.807) is 0 Å². The van der Waals surface area contributed by atoms with E-state index in [9.17, 15) is 9.18 Å². The highest BCUT2D eigenvalue weighted by Crippen LogP contribution is 2.23. The highest BCUT2D eigenvalue weighted by molar-refractivity contribution is 5.47. The van der Waals surface area contributed by atoms with Gasteiger partial charge in [-0.2, -0.15) is 0 Å². The Morgan fingerprint density at radius 3 is 2.89 bits per heavy atom. The summed E-state index contributed by atoms with van der Waals surface area (Å²) in [6.45, 7) is 0.0947. The van der Waals surface area contributed by atoms with Crippen LogP contribution >= 0.6 is 0 Å². The van der Waals surface area contributed by atoms with E-state index in [2.05, 4.69) is 9.97 Å². The zero-order valence-electron chi connectivity index (χ0n) is 9.31. The number of rotatable bonds is 3. The van der Waals surface area contributed by atoms with E-state index in [0.29, 0.717) is 5.56 Å². The average molecular weight is 250 g/mol. The van der Waals surface area contributed by atoms with Gasteiger partial charge in [0, 0.05) is 18.2 Å². The summed E-state index contributed by atoms with van der Waals surface area (Å²) in [7, 11) is 0. The van der Waals surface area contributed by atoms with Crippen LogP contribution in [-0.4, -0.2) is 9.97 Å². The quantitative estimate of drug-likeness (QED) is 0.744. The number of hydrogen-bond donors (Lipinski definition) is 3. The number of hydrogen-bond acceptors (Lipinski definition) is 5. The summed E-state index contributed by atoms with van der Waals surface area (Å²) in [4.78, 5) is 17.3. The summed E-state index contributed by atoms with van der Waals surface area (Å²) in [6.07, 6.45) is 1.15. The third-order valence-electron chi connectivity index (χ3n) is 2.31. The molecular formula is C11H11FN4O2. The van der Waals surface area contributed by atoms with Crippen molar-refractivity contribution in [2.75, 3.05) is 5.73 Å². The highest BCUT2D eigenvalue weighted by Gasteiger charge is 2.09. The summed E-state index contributed by atoms with van der Waals surface area (Å²) < 4.78 is 18.7. The largest absolute Gasteiger partial charge is 0.437 e. The van der Waals surface area contributed by atoms with Crippen LogP contribution in [0.25, 0.3) is 0 Å². The molecule has 1 aromatic carbocycles. The first kappa shape index (κ1) is 12.1. The summed E-state index contributed by atoms with van der Waals surface area (Å²) >= 11 is 0. The number of aromatic amines is 1. The van der Waals surface area contributed by atoms with Crippen molar-refractivity contribution < 1.29 is 9.13 Å². The van der Waals surface area contributed by atoms with Crippen LogP contribution < -0.4 is 21.8 Å². The Morgan fingerprint density at radius 2 is 2.22 bits per heavy atom. The Kier molecular flexibility index (Phi) is 3.24. The Balaban J connectivity index is 2.32. The Morgan fingerprint density at radius 1 is 1.44 bits per heavy atom. The van der Waals surface area contributed by atoms with Crippen molar-refractivity contribution >= 4 is 5.69 Å². The second-order valence-electron chi connectivity index (χ2n) is 3.51. The molecule has 94 valence electrons. The lowest BCUT2D eigenvalue weighted by Crippen LogP contribution is -2.13. The molecule has 0 aliphatic carbocycles. The van der Waals surface area contributed by atoms with Crippen LogP contribution in [0, 0.1) is 5.82 Å². The maximum Gasteiger partial charge on any atom is 0.277 e. The van der Waals surface area contributed by atoms with Crippen LogP contribution in [0.2, 0.25) is 0 Å². The summed E-state index contributed by atoms with van der Waals surface area (Å²) in [6, 6.07) is 4.17. The first-order chi connectivity index (χ1) is 8.61. The van der Waals surface area contributed by atoms with Gasteiger partial charge in [-0.3, -0.25) is 4.79 Å². The van der Waals surface area contributed by atoms with Crippen molar-refractivity contribution in [1.82, 2.24) is 9.97 Å². The molecule has 0 saturated carbocycles. The van der Waals surface area contributed by atoms with Crippen LogP contribution in [0.5, 0.6) is 11.6 Å². The molecule has 0 aliphatic heterocycles. The Hall–Kier alpha value is -2.41. The zero-order valence-corrected chi connectivity index (χ0v) is 9.31. The van der Waals surface area contributed by atoms with E-state index < -0.39 is 11.4 Å². The van der Waals surface area contributed by atoms with Gasteiger partial charge in [-0.1, -0.05) is 6.07 Å². The predicted octanol–water partition coefficient (Wildman–Crippen LogP) is 0.742. The molecule has 0 bridgehead atoms. The topological polar surface area (TPSA) is 107 Å². The van der Waals surface area contributed by atoms with Gasteiger partial charge in [0.25, 0.3) is 5.56 Å². The molecule has 1 heterocycles. The molecule has 0 aliphatic rings. The van der Waals surface area contributed by atoms with Gasteiger partial charge in [-0.25, -0.2) is 9.37 Å². The molecule has 6 nitrogen and oxygen atoms in total. The minimum absolute atomic E-state index is 0.0707. The van der Waals surface area contributed by atoms with Crippen LogP contribution in [-0.2, 0) is 6.54 Å². The van der Waals surface area contributed by atoms with E-state index in [4.69, 9.17) is 16.2 Å². The minimum atomic E-state index is -0.515. The number of nitrogens with two attached hydrogens (primary N) is 2. The van der Waals surface area contributed by atoms with Crippen LogP contribution in [0.4, 0.5) is 10.1 Å². The van der Waals surface area contributed by atoms with Gasteiger partial charge in [0.05, 0.1) is 6.33 Å². The lowest BCUT2D eigenvalue weighted by molar-refractivity contribution is 0.457. The van der Waals surface area contributed by atoms with Gasteiger partial charge in [0.1, 0.15) is 11.6 Å². The van der Waals surface area contributed by atoms with Crippen molar-refractivity contribution in [3.63, 3.8) is 0 Å². The normalized spacial score (nSPS) is 10.3. The maximum absolute atomic E-state index is 13.5. The van der Waals surface area contributed by atoms with Gasteiger partial charge >= 0.3 is 0 Å². The lowest BCUT2D eigenvalue weighted by atomic mass is 10.2. The van der Waals surface area contributed by atoms with Crippen molar-refractivity contribution in [1.29, 1.82) is 0 Å². The van der Waals surface area contributed by atoms with Crippen molar-refractivity contribution in [3.8, 4) is 11.6 Å². The average Bonchev–Trinajstić information content (AvgIpc) is 2.35. The van der Waals surface area contributed by atoms with Crippen LogP contribution in [0.15, 0.2) is 29.3 Å². The smallest absolute Gasteiger partial charge is 0.277 e. The number of nitrogens with one attached hydrogen (secondary N) is 1. The third kappa shape index (κ3) is 2.30. The second-order valence-corrected chi connectivity index (χ2v) is 3.51. The zero-order chi connectivity index (χ0) is 13.1. The fourth-order valence-electron chi connectivity index (χ4n) is 1.34. The summed E-state index contributed by atoms with van der Waals surface area (Å²) in [5, 5.41) is 0. The number of anilines is 1. The SMILES string of the molecule is NCc1ccc(Oc2nc[nH]c(=O)c2N)cc1F. The number of benzene rings is 1. The maximum atomic E-state index is 13.5. The Bertz CT molecular complexity index is 627. The van der Waals surface area contributed by atoms with Gasteiger partial charge in [-0.15, -0.1) is 0 Å². The number of ether oxygens (including phenoxy) is 1. The number of H-pyrrole nitrogens is 1. The van der Waals surface area contributed by atoms with Crippen LogP contribution in [0.3, 0.4) is 0 Å². The molecular weight excluding hydrogens is 239 g/mol. The monoisotopic (exact) mass is 250 g/mol. The van der Waals surface area contributed by atoms with Crippen molar-refractivity contribution in [2.24, 2.45) is 5.73 Å². The van der Waals surface area contributed by atoms with Crippen LogP contribution in [0.1, 0.15) is 5.56 Å². The molecule has 0 fully saturated rings. The molecule has 7 heteroatoms. The lowest BCUT2D eigenvalue weighted by Gasteiger charge is -2.07. The van der Waals surface area contributed by atoms with Gasteiger partial charge < -0.3 is 21.2 Å². The van der Waals surface area contributed by atoms with Gasteiger partial charge in [0.2, 0.25) is 5.88 Å². The molecule has 1 aromatic heterocycles.